The topological polar surface area (TPSA) is 18.5 Å². The quantitative estimate of drug-likeness (QED) is 0.269. The Hall–Kier alpha value is -0.0200. The number of unbranched alkanes of at least 4 members (excludes halogenated alkanes) is 7. The van der Waals surface area contributed by atoms with Gasteiger partial charge >= 0.3 is 0 Å². The van der Waals surface area contributed by atoms with Gasteiger partial charge in [0.15, 0.2) is 0 Å². The van der Waals surface area contributed by atoms with Gasteiger partial charge in [-0.2, -0.15) is 0 Å². The molecule has 0 fully saturated rings. The van der Waals surface area contributed by atoms with Crippen LogP contribution in [-0.2, 0) is 16.3 Å². The predicted octanol–water partition coefficient (Wildman–Crippen LogP) is 6.38. The van der Waals surface area contributed by atoms with Gasteiger partial charge in [-0.1, -0.05) is 82.3 Å². The number of hydrogen-bond acceptors (Lipinski definition) is 3. The second-order valence-corrected chi connectivity index (χ2v) is 10.4. The minimum absolute atomic E-state index is 0.641. The zero-order valence-corrected chi connectivity index (χ0v) is 15.5. The molecule has 0 aliphatic heterocycles. The smallest absolute Gasteiger partial charge is 0.294 e. The van der Waals surface area contributed by atoms with E-state index in [9.17, 15) is 0 Å². The van der Waals surface area contributed by atoms with Crippen molar-refractivity contribution in [3.63, 3.8) is 0 Å². The maximum atomic E-state index is 5.65. The summed E-state index contributed by atoms with van der Waals surface area (Å²) >= 11 is 9.67. The van der Waals surface area contributed by atoms with Crippen LogP contribution in [-0.4, -0.2) is 6.61 Å². The van der Waals surface area contributed by atoms with Crippen LogP contribution in [0.3, 0.4) is 0 Å². The fourth-order valence-electron chi connectivity index (χ4n) is 2.06. The first-order valence-electron chi connectivity index (χ1n) is 7.86. The second-order valence-electron chi connectivity index (χ2n) is 5.18. The highest BCUT2D eigenvalue weighted by Crippen LogP contribution is 2.53. The molecular weight excluding hydrogens is 319 g/mol. The summed E-state index contributed by atoms with van der Waals surface area (Å²) in [6, 6.07) is 9.51. The Morgan fingerprint density at radius 2 is 1.52 bits per heavy atom. The lowest BCUT2D eigenvalue weighted by molar-refractivity contribution is 0.311. The van der Waals surface area contributed by atoms with Gasteiger partial charge in [-0.3, -0.25) is 0 Å². The van der Waals surface area contributed by atoms with Crippen LogP contribution >= 0.6 is 17.9 Å². The molecule has 120 valence electrons. The lowest BCUT2D eigenvalue weighted by Crippen LogP contribution is -1.95. The van der Waals surface area contributed by atoms with E-state index in [0.29, 0.717) is 6.61 Å². The number of hydrogen-bond donors (Lipinski definition) is 1. The highest BCUT2D eigenvalue weighted by Gasteiger charge is 2.14. The summed E-state index contributed by atoms with van der Waals surface area (Å²) in [5.74, 6) is 0.728. The van der Waals surface area contributed by atoms with E-state index in [1.165, 1.54) is 44.9 Å². The summed E-state index contributed by atoms with van der Waals surface area (Å²) in [5.41, 5.74) is -2.46. The Kier molecular flexibility index (Phi) is 10.5. The molecule has 0 heterocycles. The first-order chi connectivity index (χ1) is 10.1. The Morgan fingerprint density at radius 1 is 0.952 bits per heavy atom. The molecule has 0 aromatic heterocycles. The van der Waals surface area contributed by atoms with Gasteiger partial charge in [-0.05, 0) is 30.4 Å². The number of para-hydroxylation sites is 1. The molecule has 0 aliphatic rings. The zero-order chi connectivity index (χ0) is 15.4. The summed E-state index contributed by atoms with van der Waals surface area (Å²) in [4.78, 5) is 0. The predicted molar refractivity (Wildman–Crippen MR) is 98.9 cm³/mol. The maximum Gasteiger partial charge on any atom is 0.294 e. The van der Waals surface area contributed by atoms with Gasteiger partial charge in [0.1, 0.15) is 5.75 Å². The third-order valence-corrected chi connectivity index (χ3v) is 5.30. The summed E-state index contributed by atoms with van der Waals surface area (Å²) < 4.78 is 11.3. The largest absolute Gasteiger partial charge is 0.436 e. The molecular formula is C16H27O2PS2. The van der Waals surface area contributed by atoms with Crippen LogP contribution in [0.2, 0.25) is 0 Å². The first-order valence-corrected chi connectivity index (χ1v) is 11.6. The number of rotatable bonds is 12. The zero-order valence-electron chi connectivity index (χ0n) is 12.9. The Bertz CT molecular complexity index is 412. The average Bonchev–Trinajstić information content (AvgIpc) is 2.46. The number of thiol groups is 1. The van der Waals surface area contributed by atoms with E-state index in [2.05, 4.69) is 19.2 Å². The van der Waals surface area contributed by atoms with Gasteiger partial charge in [0.2, 0.25) is 0 Å². The summed E-state index contributed by atoms with van der Waals surface area (Å²) in [7, 11) is 0. The van der Waals surface area contributed by atoms with Crippen molar-refractivity contribution in [2.24, 2.45) is 0 Å². The minimum atomic E-state index is -2.46. The van der Waals surface area contributed by atoms with Crippen LogP contribution in [0.5, 0.6) is 5.75 Å². The van der Waals surface area contributed by atoms with Crippen molar-refractivity contribution in [1.82, 2.24) is 0 Å². The molecule has 1 aromatic carbocycles. The molecule has 0 spiro atoms. The Morgan fingerprint density at radius 3 is 2.14 bits per heavy atom. The molecule has 0 amide bonds. The lowest BCUT2D eigenvalue weighted by atomic mass is 10.1. The van der Waals surface area contributed by atoms with Crippen LogP contribution in [0, 0.1) is 0 Å². The summed E-state index contributed by atoms with van der Waals surface area (Å²) in [6.07, 6.45) is 10.2. The molecule has 0 radical (unpaired) electrons. The van der Waals surface area contributed by atoms with E-state index >= 15 is 0 Å². The SMILES string of the molecule is CCCCCCCCCCOP(=S)(S)Oc1ccccc1. The van der Waals surface area contributed by atoms with E-state index in [0.717, 1.165) is 12.2 Å². The van der Waals surface area contributed by atoms with Crippen molar-refractivity contribution < 1.29 is 9.05 Å². The molecule has 21 heavy (non-hydrogen) atoms. The molecule has 2 nitrogen and oxygen atoms in total. The van der Waals surface area contributed by atoms with Crippen molar-refractivity contribution in [3.8, 4) is 5.75 Å². The van der Waals surface area contributed by atoms with Crippen LogP contribution in [0.4, 0.5) is 0 Å². The van der Waals surface area contributed by atoms with E-state index in [-0.39, 0.29) is 0 Å². The lowest BCUT2D eigenvalue weighted by Gasteiger charge is -2.17. The third-order valence-electron chi connectivity index (χ3n) is 3.22. The minimum Gasteiger partial charge on any atom is -0.436 e. The molecule has 5 heteroatoms. The van der Waals surface area contributed by atoms with Gasteiger partial charge in [-0.15, -0.1) is 0 Å². The molecule has 1 rings (SSSR count). The fraction of sp³-hybridized carbons (Fsp3) is 0.625. The Balaban J connectivity index is 2.05. The second kappa shape index (κ2) is 11.5. The van der Waals surface area contributed by atoms with E-state index in [1.807, 2.05) is 30.3 Å². The monoisotopic (exact) mass is 346 g/mol. The fourth-order valence-corrected chi connectivity index (χ4v) is 3.87. The normalized spacial score (nSPS) is 13.8. The maximum absolute atomic E-state index is 5.65. The van der Waals surface area contributed by atoms with Gasteiger partial charge in [0.05, 0.1) is 6.61 Å². The van der Waals surface area contributed by atoms with E-state index < -0.39 is 5.69 Å². The summed E-state index contributed by atoms with van der Waals surface area (Å²) in [6.45, 7) is 2.89. The molecule has 0 bridgehead atoms. The molecule has 0 N–H and O–H groups in total. The van der Waals surface area contributed by atoms with Crippen molar-refractivity contribution in [2.75, 3.05) is 6.61 Å². The van der Waals surface area contributed by atoms with Crippen molar-refractivity contribution in [3.05, 3.63) is 30.3 Å². The van der Waals surface area contributed by atoms with Crippen LogP contribution in [0.25, 0.3) is 0 Å². The van der Waals surface area contributed by atoms with E-state index in [4.69, 9.17) is 20.9 Å². The molecule has 0 saturated carbocycles. The molecule has 1 aromatic rings. The van der Waals surface area contributed by atoms with Gasteiger partial charge < -0.3 is 9.05 Å². The number of benzene rings is 1. The average molecular weight is 346 g/mol. The molecule has 1 atom stereocenters. The van der Waals surface area contributed by atoms with Crippen molar-refractivity contribution in [1.29, 1.82) is 0 Å². The molecule has 0 saturated heterocycles. The molecule has 1 unspecified atom stereocenters. The Labute approximate surface area is 140 Å². The van der Waals surface area contributed by atoms with Crippen LogP contribution < -0.4 is 4.52 Å². The van der Waals surface area contributed by atoms with Crippen LogP contribution in [0.15, 0.2) is 30.3 Å². The highest BCUT2D eigenvalue weighted by atomic mass is 32.9. The highest BCUT2D eigenvalue weighted by molar-refractivity contribution is 8.60. The third kappa shape index (κ3) is 10.4. The first kappa shape index (κ1) is 19.0. The van der Waals surface area contributed by atoms with Gasteiger partial charge in [-0.25, -0.2) is 0 Å². The van der Waals surface area contributed by atoms with Gasteiger partial charge in [0.25, 0.3) is 5.69 Å². The summed E-state index contributed by atoms with van der Waals surface area (Å²) in [5, 5.41) is 0. The van der Waals surface area contributed by atoms with E-state index in [1.54, 1.807) is 0 Å². The standard InChI is InChI=1S/C16H27O2PS2/c1-2-3-4-5-6-7-8-12-15-17-19(20,21)18-16-13-10-9-11-14-16/h9-11,13-14H,2-8,12,15H2,1H3,(H,20,21). The van der Waals surface area contributed by atoms with Crippen molar-refractivity contribution >= 4 is 29.7 Å². The van der Waals surface area contributed by atoms with Gasteiger partial charge in [0, 0.05) is 0 Å². The molecule has 0 aliphatic carbocycles. The van der Waals surface area contributed by atoms with Crippen molar-refractivity contribution in [2.45, 2.75) is 58.3 Å². The van der Waals surface area contributed by atoms with Crippen LogP contribution in [0.1, 0.15) is 58.3 Å².